The third-order valence-electron chi connectivity index (χ3n) is 5.37. The van der Waals surface area contributed by atoms with E-state index in [1.54, 1.807) is 46.3 Å². The molecule has 0 spiro atoms. The molecule has 1 N–H and O–H groups in total. The van der Waals surface area contributed by atoms with Crippen molar-refractivity contribution in [2.45, 2.75) is 20.8 Å². The monoisotopic (exact) mass is 459 g/mol. The van der Waals surface area contributed by atoms with Crippen LogP contribution in [0.15, 0.2) is 60.0 Å². The lowest BCUT2D eigenvalue weighted by atomic mass is 9.93. The molecule has 1 aromatic rings. The van der Waals surface area contributed by atoms with E-state index in [9.17, 15) is 14.3 Å². The Morgan fingerprint density at radius 2 is 2.03 bits per heavy atom. The van der Waals surface area contributed by atoms with E-state index >= 15 is 0 Å². The second kappa shape index (κ2) is 12.2. The fraction of sp³-hybridized carbons (Fsp3) is 0.440. The first-order valence-corrected chi connectivity index (χ1v) is 10.9. The minimum Gasteiger partial charge on any atom is -0.497 e. The second-order valence-corrected chi connectivity index (χ2v) is 8.34. The van der Waals surface area contributed by atoms with E-state index in [1.165, 1.54) is 6.08 Å². The summed E-state index contributed by atoms with van der Waals surface area (Å²) in [6, 6.07) is 5.65. The number of carboxylic acid groups (broad SMARTS) is 1. The lowest BCUT2D eigenvalue weighted by Crippen LogP contribution is -2.52. The number of ether oxygens (including phenoxy) is 2. The molecule has 0 bridgehead atoms. The molecule has 2 aliphatic heterocycles. The van der Waals surface area contributed by atoms with Crippen molar-refractivity contribution in [2.24, 2.45) is 10.4 Å². The largest absolute Gasteiger partial charge is 0.497 e. The van der Waals surface area contributed by atoms with E-state index in [4.69, 9.17) is 14.5 Å². The van der Waals surface area contributed by atoms with Gasteiger partial charge in [0.2, 0.25) is 0 Å². The van der Waals surface area contributed by atoms with Gasteiger partial charge in [0.1, 0.15) is 30.3 Å². The van der Waals surface area contributed by atoms with E-state index in [2.05, 4.69) is 16.4 Å². The highest BCUT2D eigenvalue weighted by atomic mass is 19.1. The molecular weight excluding hydrogens is 425 g/mol. The fourth-order valence-corrected chi connectivity index (χ4v) is 3.41. The van der Waals surface area contributed by atoms with Gasteiger partial charge < -0.3 is 19.5 Å². The van der Waals surface area contributed by atoms with Crippen molar-refractivity contribution < 1.29 is 23.8 Å². The number of aliphatic imine (C=N–C) groups is 1. The van der Waals surface area contributed by atoms with Crippen molar-refractivity contribution in [2.75, 3.05) is 46.5 Å². The quantitative estimate of drug-likeness (QED) is 0.645. The number of fused-ring (bicyclic) bond motifs is 1. The molecule has 0 unspecified atom stereocenters. The number of hydrogen-bond acceptors (Lipinski definition) is 6. The van der Waals surface area contributed by atoms with Gasteiger partial charge in [-0.3, -0.25) is 9.69 Å². The van der Waals surface area contributed by atoms with Gasteiger partial charge in [-0.15, -0.1) is 0 Å². The zero-order chi connectivity index (χ0) is 24.4. The molecule has 0 aromatic heterocycles. The Hall–Kier alpha value is -3.13. The minimum atomic E-state index is -0.776. The van der Waals surface area contributed by atoms with Gasteiger partial charge >= 0.3 is 5.97 Å². The van der Waals surface area contributed by atoms with Crippen LogP contribution in [0.5, 0.6) is 11.5 Å². The molecule has 0 aliphatic carbocycles. The van der Waals surface area contributed by atoms with Crippen molar-refractivity contribution in [3.63, 3.8) is 0 Å². The summed E-state index contributed by atoms with van der Waals surface area (Å²) < 4.78 is 22.1. The second-order valence-electron chi connectivity index (χ2n) is 8.34. The molecular formula is C25H34FN3O4. The molecule has 0 radical (unpaired) electrons. The Bertz CT molecular complexity index is 916. The number of piperazine rings is 1. The van der Waals surface area contributed by atoms with Crippen LogP contribution in [-0.4, -0.2) is 73.2 Å². The number of carboxylic acids is 1. The van der Waals surface area contributed by atoms with Crippen LogP contribution in [0.1, 0.15) is 26.3 Å². The van der Waals surface area contributed by atoms with Gasteiger partial charge in [-0.05, 0) is 45.0 Å². The van der Waals surface area contributed by atoms with E-state index in [0.29, 0.717) is 18.0 Å². The predicted octanol–water partition coefficient (Wildman–Crippen LogP) is 4.12. The third-order valence-corrected chi connectivity index (χ3v) is 5.37. The molecule has 3 rings (SSSR count). The van der Waals surface area contributed by atoms with Crippen molar-refractivity contribution in [3.8, 4) is 11.5 Å². The van der Waals surface area contributed by atoms with E-state index < -0.39 is 11.4 Å². The predicted molar refractivity (Wildman–Crippen MR) is 129 cm³/mol. The summed E-state index contributed by atoms with van der Waals surface area (Å²) in [5, 5.41) is 9.38. The minimum absolute atomic E-state index is 0.337. The molecule has 0 amide bonds. The Morgan fingerprint density at radius 3 is 2.55 bits per heavy atom. The molecule has 1 aromatic carbocycles. The number of alkyl halides is 1. The average molecular weight is 460 g/mol. The fourth-order valence-electron chi connectivity index (χ4n) is 3.41. The number of benzene rings is 1. The van der Waals surface area contributed by atoms with Gasteiger partial charge in [0.25, 0.3) is 0 Å². The van der Waals surface area contributed by atoms with Gasteiger partial charge in [0.15, 0.2) is 0 Å². The molecule has 33 heavy (non-hydrogen) atoms. The van der Waals surface area contributed by atoms with Crippen LogP contribution in [0.2, 0.25) is 0 Å². The van der Waals surface area contributed by atoms with Crippen LogP contribution in [0, 0.1) is 5.41 Å². The lowest BCUT2D eigenvalue weighted by Gasteiger charge is -2.39. The number of methoxy groups -OCH3 is 1. The molecule has 7 nitrogen and oxygen atoms in total. The summed E-state index contributed by atoms with van der Waals surface area (Å²) in [6.07, 6.45) is 6.39. The number of halogens is 1. The van der Waals surface area contributed by atoms with Crippen molar-refractivity contribution in [3.05, 3.63) is 60.5 Å². The van der Waals surface area contributed by atoms with Crippen LogP contribution in [-0.2, 0) is 4.79 Å². The summed E-state index contributed by atoms with van der Waals surface area (Å²) in [5.41, 5.74) is 0.751. The zero-order valence-electron chi connectivity index (χ0n) is 19.9. The summed E-state index contributed by atoms with van der Waals surface area (Å²) in [4.78, 5) is 20.6. The molecule has 180 valence electrons. The van der Waals surface area contributed by atoms with Gasteiger partial charge in [0, 0.05) is 32.7 Å². The lowest BCUT2D eigenvalue weighted by molar-refractivity contribution is -0.148. The van der Waals surface area contributed by atoms with Crippen LogP contribution < -0.4 is 9.47 Å². The van der Waals surface area contributed by atoms with Crippen LogP contribution in [0.4, 0.5) is 4.39 Å². The Balaban J connectivity index is 0.000000696. The molecule has 1 fully saturated rings. The zero-order valence-corrected chi connectivity index (χ0v) is 19.9. The van der Waals surface area contributed by atoms with E-state index in [-0.39, 0.29) is 6.67 Å². The van der Waals surface area contributed by atoms with Crippen molar-refractivity contribution in [1.29, 1.82) is 0 Å². The number of rotatable bonds is 6. The highest BCUT2D eigenvalue weighted by Gasteiger charge is 2.32. The van der Waals surface area contributed by atoms with E-state index in [1.807, 2.05) is 18.2 Å². The van der Waals surface area contributed by atoms with Crippen molar-refractivity contribution in [1.82, 2.24) is 9.80 Å². The van der Waals surface area contributed by atoms with Gasteiger partial charge in [-0.25, -0.2) is 9.38 Å². The Labute approximate surface area is 195 Å². The summed E-state index contributed by atoms with van der Waals surface area (Å²) in [5.74, 6) is 1.49. The molecule has 0 atom stereocenters. The standard InChI is InChI=1S/C21H27N3O4.C4H7F/c1-5-15-13-28-18-7-6-16(27-4)12-17(18)19(22-15)24-10-8-23(9-11-24)14-21(2,3)20(25)26;1-2-3-4-5/h5-7,12-13H,1,8-11,14H2,2-4H3,(H,25,26);2-3H,4H2,1H3/b;3-2-. The van der Waals surface area contributed by atoms with Gasteiger partial charge in [-0.2, -0.15) is 0 Å². The number of aliphatic carboxylic acids is 1. The normalized spacial score (nSPS) is 16.5. The smallest absolute Gasteiger partial charge is 0.310 e. The topological polar surface area (TPSA) is 74.6 Å². The first kappa shape index (κ1) is 26.1. The van der Waals surface area contributed by atoms with Crippen LogP contribution in [0.3, 0.4) is 0 Å². The summed E-state index contributed by atoms with van der Waals surface area (Å²) >= 11 is 0. The summed E-state index contributed by atoms with van der Waals surface area (Å²) in [6.45, 7) is 12.3. The maximum Gasteiger partial charge on any atom is 0.310 e. The average Bonchev–Trinajstić information content (AvgIpc) is 2.99. The first-order valence-electron chi connectivity index (χ1n) is 10.9. The molecule has 1 saturated heterocycles. The maximum absolute atomic E-state index is 11.4. The highest BCUT2D eigenvalue weighted by Crippen LogP contribution is 2.30. The Kier molecular flexibility index (Phi) is 9.66. The Morgan fingerprint density at radius 1 is 1.33 bits per heavy atom. The number of carbonyl (C=O) groups is 1. The van der Waals surface area contributed by atoms with Crippen molar-refractivity contribution >= 4 is 11.8 Å². The van der Waals surface area contributed by atoms with E-state index in [0.717, 1.165) is 43.3 Å². The maximum atomic E-state index is 11.4. The molecule has 2 heterocycles. The third kappa shape index (κ3) is 7.18. The summed E-state index contributed by atoms with van der Waals surface area (Å²) in [7, 11) is 1.63. The van der Waals surface area contributed by atoms with Gasteiger partial charge in [-0.1, -0.05) is 18.7 Å². The number of allylic oxidation sites excluding steroid dienone is 3. The molecule has 8 heteroatoms. The molecule has 0 saturated carbocycles. The number of hydrogen-bond donors (Lipinski definition) is 1. The van der Waals surface area contributed by atoms with Crippen LogP contribution >= 0.6 is 0 Å². The highest BCUT2D eigenvalue weighted by molar-refractivity contribution is 6.02. The first-order chi connectivity index (χ1) is 15.7. The number of amidine groups is 1. The number of nitrogens with zero attached hydrogens (tertiary/aromatic N) is 3. The van der Waals surface area contributed by atoms with Crippen LogP contribution in [0.25, 0.3) is 0 Å². The van der Waals surface area contributed by atoms with Gasteiger partial charge in [0.05, 0.1) is 23.8 Å². The molecule has 2 aliphatic rings. The SMILES string of the molecule is C/C=C\CF.C=CC1=COc2ccc(OC)cc2C(N2CCN(CC(C)(C)C(=O)O)CC2)=N1.